The number of hydroxylamine groups is 2. The van der Waals surface area contributed by atoms with Crippen LogP contribution in [-0.4, -0.2) is 39.4 Å². The number of nitrogens with one attached hydrogen (secondary N) is 3. The minimum atomic E-state index is -5.06. The molecule has 14 heteroatoms. The van der Waals surface area contributed by atoms with Crippen LogP contribution in [0.2, 0.25) is 0 Å². The highest BCUT2D eigenvalue weighted by Crippen LogP contribution is 2.37. The largest absolute Gasteiger partial charge is 0.628 e. The second-order valence-electron chi connectivity index (χ2n) is 9.38. The number of hydrogen-bond acceptors (Lipinski definition) is 6. The maximum Gasteiger partial charge on any atom is 0.416 e. The van der Waals surface area contributed by atoms with E-state index in [0.29, 0.717) is 23.3 Å². The molecule has 212 valence electrons. The van der Waals surface area contributed by atoms with Gasteiger partial charge in [-0.25, -0.2) is 8.42 Å². The van der Waals surface area contributed by atoms with Gasteiger partial charge in [-0.15, -0.1) is 0 Å². The first-order valence-corrected chi connectivity index (χ1v) is 13.6. The first kappa shape index (κ1) is 28.9. The molecule has 0 fully saturated rings. The van der Waals surface area contributed by atoms with Crippen LogP contribution in [0.5, 0.6) is 0 Å². The van der Waals surface area contributed by atoms with E-state index >= 15 is 0 Å². The number of halogens is 6. The van der Waals surface area contributed by atoms with Gasteiger partial charge in [0.05, 0.1) is 23.4 Å². The monoisotopic (exact) mass is 577 g/mol. The lowest BCUT2D eigenvalue weighted by Crippen LogP contribution is -3.09. The van der Waals surface area contributed by atoms with Crippen LogP contribution in [0.3, 0.4) is 0 Å². The zero-order valence-corrected chi connectivity index (χ0v) is 21.5. The smallest absolute Gasteiger partial charge is 0.416 e. The Morgan fingerprint density at radius 2 is 1.67 bits per heavy atom. The second kappa shape index (κ2) is 10.5. The fourth-order valence-electron chi connectivity index (χ4n) is 4.54. The fourth-order valence-corrected chi connectivity index (χ4v) is 5.20. The van der Waals surface area contributed by atoms with Gasteiger partial charge in [0.25, 0.3) is 0 Å². The highest BCUT2D eigenvalue weighted by atomic mass is 32.2. The van der Waals surface area contributed by atoms with Crippen molar-refractivity contribution in [2.24, 2.45) is 0 Å². The van der Waals surface area contributed by atoms with E-state index in [4.69, 9.17) is 4.74 Å². The molecule has 0 aromatic heterocycles. The van der Waals surface area contributed by atoms with Gasteiger partial charge in [0, 0.05) is 30.9 Å². The number of quaternary nitrogens is 1. The van der Waals surface area contributed by atoms with Crippen LogP contribution in [0.25, 0.3) is 5.70 Å². The Kier molecular flexibility index (Phi) is 7.78. The van der Waals surface area contributed by atoms with Crippen LogP contribution >= 0.6 is 0 Å². The van der Waals surface area contributed by atoms with E-state index in [1.807, 2.05) is 0 Å². The van der Waals surface area contributed by atoms with Crippen molar-refractivity contribution in [2.75, 3.05) is 19.5 Å². The van der Waals surface area contributed by atoms with Gasteiger partial charge in [-0.2, -0.15) is 26.3 Å². The lowest BCUT2D eigenvalue weighted by Gasteiger charge is -2.39. The summed E-state index contributed by atoms with van der Waals surface area (Å²) in [7, 11) is -3.91. The number of ether oxygens (including phenoxy) is 1. The van der Waals surface area contributed by atoms with Crippen molar-refractivity contribution in [3.05, 3.63) is 93.0 Å². The molecule has 2 aromatic carbocycles. The van der Waals surface area contributed by atoms with Crippen LogP contribution in [0.1, 0.15) is 27.8 Å². The topological polar surface area (TPSA) is 94.9 Å². The maximum absolute atomic E-state index is 14.1. The molecule has 3 N–H and O–H groups in total. The first-order valence-electron chi connectivity index (χ1n) is 11.7. The van der Waals surface area contributed by atoms with Crippen molar-refractivity contribution in [1.82, 2.24) is 10.6 Å². The zero-order valence-electron chi connectivity index (χ0n) is 20.7. The minimum Gasteiger partial charge on any atom is -0.628 e. The van der Waals surface area contributed by atoms with Gasteiger partial charge in [0.15, 0.2) is 15.7 Å². The third kappa shape index (κ3) is 6.40. The molecule has 39 heavy (non-hydrogen) atoms. The molecule has 3 atom stereocenters. The van der Waals surface area contributed by atoms with E-state index in [9.17, 15) is 40.0 Å². The normalized spacial score (nSPS) is 24.0. The lowest BCUT2D eigenvalue weighted by atomic mass is 9.93. The quantitative estimate of drug-likeness (QED) is 0.382. The second-order valence-corrected chi connectivity index (χ2v) is 11.5. The molecule has 2 heterocycles. The molecule has 0 spiro atoms. The molecule has 4 rings (SSSR count). The standard InChI is InChI=1S/C25H25F6N3O4S/c1-14-5-3-4-6-18(14)21-11-22(39(2,36)37)38-23-19(12-32-13-33-23)20(34(21)35)9-15-7-16(24(26,27)28)10-17(8-15)25(29,30)31/h3-8,10-11,20,22,32-34H,9,12-13H2,1-2H3/b21-11-. The molecular formula is C25H25F6N3O4S. The molecule has 2 aliphatic heterocycles. The van der Waals surface area contributed by atoms with E-state index in [2.05, 4.69) is 10.6 Å². The first-order chi connectivity index (χ1) is 18.1. The number of aryl methyl sites for hydroxylation is 1. The van der Waals surface area contributed by atoms with Crippen molar-refractivity contribution in [3.8, 4) is 0 Å². The third-order valence-electron chi connectivity index (χ3n) is 6.46. The lowest BCUT2D eigenvalue weighted by molar-refractivity contribution is -0.793. The van der Waals surface area contributed by atoms with Crippen molar-refractivity contribution < 1.29 is 44.6 Å². The summed E-state index contributed by atoms with van der Waals surface area (Å²) in [6.07, 6.45) is -8.58. The third-order valence-corrected chi connectivity index (χ3v) is 7.54. The van der Waals surface area contributed by atoms with E-state index in [0.717, 1.165) is 12.3 Å². The Balaban J connectivity index is 1.90. The predicted octanol–water partition coefficient (Wildman–Crippen LogP) is 3.13. The molecule has 2 aromatic rings. The number of benzene rings is 2. The maximum atomic E-state index is 14.1. The highest BCUT2D eigenvalue weighted by molar-refractivity contribution is 7.91. The molecule has 0 saturated carbocycles. The van der Waals surface area contributed by atoms with Crippen LogP contribution in [0, 0.1) is 12.1 Å². The van der Waals surface area contributed by atoms with Crippen LogP contribution in [0.15, 0.2) is 60.0 Å². The summed E-state index contributed by atoms with van der Waals surface area (Å²) in [4.78, 5) is 0. The molecule has 0 bridgehead atoms. The Bertz CT molecular complexity index is 1390. The van der Waals surface area contributed by atoms with Gasteiger partial charge < -0.3 is 20.3 Å². The minimum absolute atomic E-state index is 0.0125. The predicted molar refractivity (Wildman–Crippen MR) is 130 cm³/mol. The van der Waals surface area contributed by atoms with Gasteiger partial charge >= 0.3 is 12.4 Å². The number of alkyl halides is 6. The van der Waals surface area contributed by atoms with Crippen molar-refractivity contribution in [1.29, 1.82) is 0 Å². The molecule has 0 radical (unpaired) electrons. The number of sulfone groups is 1. The van der Waals surface area contributed by atoms with Crippen LogP contribution < -0.4 is 15.7 Å². The van der Waals surface area contributed by atoms with Crippen LogP contribution in [-0.2, 0) is 33.3 Å². The Morgan fingerprint density at radius 3 is 2.23 bits per heavy atom. The van der Waals surface area contributed by atoms with Gasteiger partial charge in [-0.3, -0.25) is 5.32 Å². The summed E-state index contributed by atoms with van der Waals surface area (Å²) in [5.41, 5.74) is -3.83. The zero-order chi connectivity index (χ0) is 28.8. The van der Waals surface area contributed by atoms with Gasteiger partial charge in [-0.1, -0.05) is 18.2 Å². The van der Waals surface area contributed by atoms with Crippen molar-refractivity contribution >= 4 is 15.5 Å². The average Bonchev–Trinajstić information content (AvgIpc) is 2.83. The molecule has 0 aliphatic carbocycles. The number of rotatable bonds is 4. The van der Waals surface area contributed by atoms with E-state index in [1.165, 1.54) is 0 Å². The summed E-state index contributed by atoms with van der Waals surface area (Å²) in [6.45, 7) is 1.80. The highest BCUT2D eigenvalue weighted by Gasteiger charge is 2.40. The van der Waals surface area contributed by atoms with Crippen molar-refractivity contribution in [3.63, 3.8) is 0 Å². The summed E-state index contributed by atoms with van der Waals surface area (Å²) >= 11 is 0. The van der Waals surface area contributed by atoms with Gasteiger partial charge in [0.2, 0.25) is 5.44 Å². The van der Waals surface area contributed by atoms with E-state index in [1.54, 1.807) is 31.2 Å². The van der Waals surface area contributed by atoms with Crippen LogP contribution in [0.4, 0.5) is 26.3 Å². The summed E-state index contributed by atoms with van der Waals surface area (Å²) < 4.78 is 112. The molecule has 0 saturated heterocycles. The van der Waals surface area contributed by atoms with Crippen molar-refractivity contribution in [2.45, 2.75) is 37.2 Å². The molecule has 2 aliphatic rings. The summed E-state index contributed by atoms with van der Waals surface area (Å²) in [5.74, 6) is -0.0642. The molecule has 3 unspecified atom stereocenters. The Morgan fingerprint density at radius 1 is 1.05 bits per heavy atom. The summed E-state index contributed by atoms with van der Waals surface area (Å²) in [5, 5.41) is 19.2. The fraction of sp³-hybridized carbons (Fsp3) is 0.360. The Labute approximate surface area is 220 Å². The molecular weight excluding hydrogens is 552 g/mol. The van der Waals surface area contributed by atoms with E-state index < -0.39 is 56.3 Å². The SMILES string of the molecule is Cc1ccccc1/C1=C/C(S(C)(=O)=O)OC2=C(CNCN2)C(Cc2cc(C(F)(F)F)cc(C(F)(F)F)c2)[NH+]1[O-]. The Hall–Kier alpha value is -3.07. The van der Waals surface area contributed by atoms with Gasteiger partial charge in [0.1, 0.15) is 11.7 Å². The molecule has 7 nitrogen and oxygen atoms in total. The molecule has 0 amide bonds. The van der Waals surface area contributed by atoms with E-state index in [-0.39, 0.29) is 42.0 Å². The number of hydrogen-bond donors (Lipinski definition) is 3. The summed E-state index contributed by atoms with van der Waals surface area (Å²) in [6, 6.07) is 6.51. The average molecular weight is 578 g/mol. The van der Waals surface area contributed by atoms with Gasteiger partial charge in [-0.05, 0) is 42.3 Å².